The summed E-state index contributed by atoms with van der Waals surface area (Å²) < 4.78 is 0. The van der Waals surface area contributed by atoms with E-state index >= 15 is 0 Å². The average molecular weight is 252 g/mol. The molecule has 3 fully saturated rings. The summed E-state index contributed by atoms with van der Waals surface area (Å²) in [7, 11) is 0. The number of hydrogen-bond acceptors (Lipinski definition) is 3. The van der Waals surface area contributed by atoms with Crippen molar-refractivity contribution in [2.24, 2.45) is 5.92 Å². The maximum absolute atomic E-state index is 9.47. The third kappa shape index (κ3) is 3.06. The van der Waals surface area contributed by atoms with Gasteiger partial charge in [0.15, 0.2) is 0 Å². The second kappa shape index (κ2) is 5.89. The first-order valence-electron chi connectivity index (χ1n) is 7.96. The number of aliphatic hydroxyl groups is 1. The maximum Gasteiger partial charge on any atom is 0.0586 e. The molecule has 0 aromatic heterocycles. The monoisotopic (exact) mass is 252 g/mol. The lowest BCUT2D eigenvalue weighted by atomic mass is 9.85. The lowest BCUT2D eigenvalue weighted by molar-refractivity contribution is 0.0658. The zero-order valence-corrected chi connectivity index (χ0v) is 11.6. The molecule has 2 aliphatic heterocycles. The van der Waals surface area contributed by atoms with Gasteiger partial charge in [-0.3, -0.25) is 9.80 Å². The molecule has 0 spiro atoms. The Hall–Kier alpha value is -0.120. The largest absolute Gasteiger partial charge is 0.395 e. The van der Waals surface area contributed by atoms with Gasteiger partial charge in [0.1, 0.15) is 0 Å². The highest BCUT2D eigenvalue weighted by atomic mass is 16.3. The highest BCUT2D eigenvalue weighted by molar-refractivity contribution is 4.88. The Balaban J connectivity index is 1.44. The van der Waals surface area contributed by atoms with Crippen LogP contribution in [0.5, 0.6) is 0 Å². The van der Waals surface area contributed by atoms with E-state index in [2.05, 4.69) is 9.80 Å². The van der Waals surface area contributed by atoms with Crippen molar-refractivity contribution in [1.29, 1.82) is 0 Å². The van der Waals surface area contributed by atoms with Gasteiger partial charge in [-0.25, -0.2) is 0 Å². The number of hydrogen-bond donors (Lipinski definition) is 1. The van der Waals surface area contributed by atoms with Gasteiger partial charge >= 0.3 is 0 Å². The van der Waals surface area contributed by atoms with Crippen molar-refractivity contribution in [3.8, 4) is 0 Å². The molecule has 1 saturated carbocycles. The molecule has 1 atom stereocenters. The minimum atomic E-state index is 0.364. The van der Waals surface area contributed by atoms with Crippen molar-refractivity contribution in [3.05, 3.63) is 0 Å². The third-order valence-corrected chi connectivity index (χ3v) is 5.27. The van der Waals surface area contributed by atoms with Crippen LogP contribution in [0.1, 0.15) is 44.9 Å². The van der Waals surface area contributed by atoms with Gasteiger partial charge in [0.05, 0.1) is 6.61 Å². The van der Waals surface area contributed by atoms with E-state index in [4.69, 9.17) is 0 Å². The zero-order chi connectivity index (χ0) is 12.4. The Labute approximate surface area is 111 Å². The summed E-state index contributed by atoms with van der Waals surface area (Å²) in [6, 6.07) is 1.37. The van der Waals surface area contributed by atoms with Crippen LogP contribution in [0.15, 0.2) is 0 Å². The van der Waals surface area contributed by atoms with Gasteiger partial charge in [0.25, 0.3) is 0 Å². The van der Waals surface area contributed by atoms with E-state index in [9.17, 15) is 5.11 Å². The van der Waals surface area contributed by atoms with Gasteiger partial charge in [0, 0.05) is 31.7 Å². The maximum atomic E-state index is 9.47. The first kappa shape index (κ1) is 12.9. The Bertz CT molecular complexity index is 259. The van der Waals surface area contributed by atoms with Crippen LogP contribution < -0.4 is 0 Å². The van der Waals surface area contributed by atoms with E-state index < -0.39 is 0 Å². The van der Waals surface area contributed by atoms with Gasteiger partial charge < -0.3 is 5.11 Å². The van der Waals surface area contributed by atoms with E-state index in [0.29, 0.717) is 12.6 Å². The lowest BCUT2D eigenvalue weighted by Crippen LogP contribution is -2.45. The molecule has 0 unspecified atom stereocenters. The van der Waals surface area contributed by atoms with Crippen molar-refractivity contribution >= 4 is 0 Å². The number of aliphatic hydroxyl groups excluding tert-OH is 1. The molecule has 2 saturated heterocycles. The fourth-order valence-corrected chi connectivity index (χ4v) is 3.95. The summed E-state index contributed by atoms with van der Waals surface area (Å²) in [6.45, 7) is 5.54. The lowest BCUT2D eigenvalue weighted by Gasteiger charge is -2.39. The predicted octanol–water partition coefficient (Wildman–Crippen LogP) is 1.71. The second-order valence-electron chi connectivity index (χ2n) is 6.54. The Morgan fingerprint density at radius 3 is 2.33 bits per heavy atom. The summed E-state index contributed by atoms with van der Waals surface area (Å²) in [5.74, 6) is 0.897. The topological polar surface area (TPSA) is 26.5 Å². The molecule has 3 rings (SSSR count). The molecule has 0 bridgehead atoms. The predicted molar refractivity (Wildman–Crippen MR) is 73.6 cm³/mol. The van der Waals surface area contributed by atoms with Gasteiger partial charge in [-0.05, 0) is 51.0 Å². The first-order chi connectivity index (χ1) is 8.86. The molecule has 0 amide bonds. The fourth-order valence-electron chi connectivity index (χ4n) is 3.95. The average Bonchev–Trinajstić information content (AvgIpc) is 3.25. The van der Waals surface area contributed by atoms with Gasteiger partial charge in [-0.15, -0.1) is 0 Å². The molecule has 3 aliphatic rings. The van der Waals surface area contributed by atoms with Crippen LogP contribution in [0.3, 0.4) is 0 Å². The van der Waals surface area contributed by atoms with Crippen LogP contribution >= 0.6 is 0 Å². The van der Waals surface area contributed by atoms with Gasteiger partial charge in [-0.2, -0.15) is 0 Å². The molecule has 3 nitrogen and oxygen atoms in total. The number of nitrogens with zero attached hydrogens (tertiary/aromatic N) is 2. The highest BCUT2D eigenvalue weighted by Gasteiger charge is 2.32. The molecule has 0 aromatic rings. The molecule has 0 aromatic carbocycles. The molecule has 0 radical (unpaired) electrons. The number of rotatable bonds is 4. The third-order valence-electron chi connectivity index (χ3n) is 5.27. The van der Waals surface area contributed by atoms with Crippen molar-refractivity contribution < 1.29 is 5.11 Å². The minimum absolute atomic E-state index is 0.364. The van der Waals surface area contributed by atoms with Crippen molar-refractivity contribution in [2.75, 3.05) is 32.8 Å². The van der Waals surface area contributed by atoms with Crippen LogP contribution in [0.25, 0.3) is 0 Å². The normalized spacial score (nSPS) is 38.8. The van der Waals surface area contributed by atoms with Gasteiger partial charge in [0.2, 0.25) is 0 Å². The minimum Gasteiger partial charge on any atom is -0.395 e. The van der Waals surface area contributed by atoms with Crippen LogP contribution in [0, 0.1) is 5.92 Å². The van der Waals surface area contributed by atoms with Gasteiger partial charge in [-0.1, -0.05) is 6.42 Å². The van der Waals surface area contributed by atoms with Crippen molar-refractivity contribution in [3.63, 3.8) is 0 Å². The summed E-state index contributed by atoms with van der Waals surface area (Å²) >= 11 is 0. The zero-order valence-electron chi connectivity index (χ0n) is 11.6. The highest BCUT2D eigenvalue weighted by Crippen LogP contribution is 2.31. The smallest absolute Gasteiger partial charge is 0.0586 e. The summed E-state index contributed by atoms with van der Waals surface area (Å²) in [5, 5.41) is 9.47. The van der Waals surface area contributed by atoms with Crippen LogP contribution in [-0.4, -0.2) is 59.8 Å². The van der Waals surface area contributed by atoms with E-state index in [1.54, 1.807) is 0 Å². The van der Waals surface area contributed by atoms with Crippen LogP contribution in [-0.2, 0) is 0 Å². The molecule has 104 valence electrons. The van der Waals surface area contributed by atoms with E-state index in [0.717, 1.165) is 12.0 Å². The molecular formula is C15H28N2O. The van der Waals surface area contributed by atoms with E-state index in [1.807, 2.05) is 0 Å². The second-order valence-corrected chi connectivity index (χ2v) is 6.54. The molecular weight excluding hydrogens is 224 g/mol. The molecule has 1 aliphatic carbocycles. The molecule has 2 heterocycles. The fraction of sp³-hybridized carbons (Fsp3) is 1.00. The molecule has 3 heteroatoms. The van der Waals surface area contributed by atoms with Crippen molar-refractivity contribution in [2.45, 2.75) is 57.0 Å². The summed E-state index contributed by atoms with van der Waals surface area (Å²) in [6.07, 6.45) is 9.51. The standard InChI is InChI=1S/C15H28N2O/c18-12-15-3-1-2-8-17(15)11-13-4-6-14(7-5-13)16-9-10-16/h13-15,18H,1-12H2/t13-,14+,15-/m0/s1. The summed E-state index contributed by atoms with van der Waals surface area (Å²) in [5.41, 5.74) is 0. The van der Waals surface area contributed by atoms with E-state index in [-0.39, 0.29) is 0 Å². The molecule has 18 heavy (non-hydrogen) atoms. The quantitative estimate of drug-likeness (QED) is 0.772. The van der Waals surface area contributed by atoms with Crippen LogP contribution in [0.4, 0.5) is 0 Å². The summed E-state index contributed by atoms with van der Waals surface area (Å²) in [4.78, 5) is 5.21. The number of likely N-dealkylation sites (tertiary alicyclic amines) is 1. The Morgan fingerprint density at radius 2 is 1.67 bits per heavy atom. The Morgan fingerprint density at radius 1 is 0.889 bits per heavy atom. The number of piperidine rings is 1. The van der Waals surface area contributed by atoms with Crippen molar-refractivity contribution in [1.82, 2.24) is 9.80 Å². The SMILES string of the molecule is OC[C@@H]1CCCCN1C[C@H]1CC[C@@H](N2CC2)CC1. The Kier molecular flexibility index (Phi) is 4.22. The van der Waals surface area contributed by atoms with E-state index in [1.165, 1.54) is 71.1 Å². The first-order valence-corrected chi connectivity index (χ1v) is 7.96. The van der Waals surface area contributed by atoms with Crippen LogP contribution in [0.2, 0.25) is 0 Å². The molecule has 1 N–H and O–H groups in total.